The highest BCUT2D eigenvalue weighted by Gasteiger charge is 2.43. The molecule has 1 aromatic carbocycles. The Labute approximate surface area is 193 Å². The summed E-state index contributed by atoms with van der Waals surface area (Å²) in [6.45, 7) is 5.26. The van der Waals surface area contributed by atoms with Gasteiger partial charge in [-0.3, -0.25) is 14.4 Å². The molecule has 2 atom stereocenters. The highest BCUT2D eigenvalue weighted by atomic mass is 16.5. The van der Waals surface area contributed by atoms with Crippen molar-refractivity contribution < 1.29 is 19.0 Å². The van der Waals surface area contributed by atoms with Crippen molar-refractivity contribution in [3.8, 4) is 22.8 Å². The van der Waals surface area contributed by atoms with Crippen molar-refractivity contribution in [1.82, 2.24) is 19.7 Å². The van der Waals surface area contributed by atoms with Gasteiger partial charge in [0.25, 0.3) is 0 Å². The van der Waals surface area contributed by atoms with Crippen LogP contribution in [-0.4, -0.2) is 52.4 Å². The second kappa shape index (κ2) is 8.86. The Hall–Kier alpha value is -3.39. The number of carbonyl (C=O) groups is 1. The number of likely N-dealkylation sites (tertiary alicyclic amines) is 1. The quantitative estimate of drug-likeness (QED) is 0.514. The van der Waals surface area contributed by atoms with Crippen LogP contribution < -0.4 is 9.47 Å². The van der Waals surface area contributed by atoms with Crippen molar-refractivity contribution in [3.63, 3.8) is 0 Å². The molecule has 3 aromatic rings. The molecule has 2 aromatic heterocycles. The van der Waals surface area contributed by atoms with Gasteiger partial charge in [-0.2, -0.15) is 5.10 Å². The number of aromatic nitrogens is 3. The van der Waals surface area contributed by atoms with Crippen molar-refractivity contribution in [3.05, 3.63) is 59.5 Å². The van der Waals surface area contributed by atoms with E-state index in [9.17, 15) is 4.79 Å². The molecule has 0 bridgehead atoms. The molecule has 4 heterocycles. The molecule has 172 valence electrons. The van der Waals surface area contributed by atoms with Gasteiger partial charge < -0.3 is 14.2 Å². The third-order valence-electron chi connectivity index (χ3n) is 6.57. The molecule has 0 aliphatic carbocycles. The third kappa shape index (κ3) is 4.18. The minimum absolute atomic E-state index is 0.0218. The van der Waals surface area contributed by atoms with Crippen molar-refractivity contribution in [2.75, 3.05) is 26.8 Å². The van der Waals surface area contributed by atoms with Crippen LogP contribution in [0.1, 0.15) is 16.8 Å². The molecule has 8 nitrogen and oxygen atoms in total. The van der Waals surface area contributed by atoms with Crippen LogP contribution in [0.5, 0.6) is 11.6 Å². The summed E-state index contributed by atoms with van der Waals surface area (Å²) >= 11 is 0. The molecule has 2 aliphatic rings. The van der Waals surface area contributed by atoms with Crippen LogP contribution in [0.3, 0.4) is 0 Å². The standard InChI is InChI=1S/C25H28N4O4/c1-16-9-17(21-5-4-7-26-24(21)31-3)10-18(23(16)32-15-20-6-8-27-28(20)2)11-29-12-19-14-33-25(30)22(19)13-29/h4-10,19,22H,11-15H2,1-3H3/t19-,22-/m1/s1. The van der Waals surface area contributed by atoms with Crippen molar-refractivity contribution in [2.45, 2.75) is 20.1 Å². The number of ether oxygens (including phenoxy) is 3. The van der Waals surface area contributed by atoms with E-state index >= 15 is 0 Å². The van der Waals surface area contributed by atoms with Gasteiger partial charge in [0, 0.05) is 56.1 Å². The minimum Gasteiger partial charge on any atom is -0.487 e. The van der Waals surface area contributed by atoms with Crippen molar-refractivity contribution in [2.24, 2.45) is 18.9 Å². The van der Waals surface area contributed by atoms with Gasteiger partial charge in [0.1, 0.15) is 12.4 Å². The number of benzene rings is 1. The number of hydrogen-bond donors (Lipinski definition) is 0. The second-order valence-corrected chi connectivity index (χ2v) is 8.77. The number of hydrogen-bond acceptors (Lipinski definition) is 7. The lowest BCUT2D eigenvalue weighted by molar-refractivity contribution is -0.141. The van der Waals surface area contributed by atoms with Gasteiger partial charge in [-0.15, -0.1) is 0 Å². The Morgan fingerprint density at radius 3 is 2.85 bits per heavy atom. The molecular formula is C25H28N4O4. The average molecular weight is 449 g/mol. The fraction of sp³-hybridized carbons (Fsp3) is 0.400. The molecule has 2 fully saturated rings. The lowest BCUT2D eigenvalue weighted by atomic mass is 9.99. The highest BCUT2D eigenvalue weighted by Crippen LogP contribution is 2.37. The first kappa shape index (κ1) is 21.5. The maximum atomic E-state index is 12.0. The maximum Gasteiger partial charge on any atom is 0.310 e. The normalized spacial score (nSPS) is 20.0. The van der Waals surface area contributed by atoms with E-state index < -0.39 is 0 Å². The average Bonchev–Trinajstić information content (AvgIpc) is 3.50. The van der Waals surface area contributed by atoms with Gasteiger partial charge in [-0.05, 0) is 48.4 Å². The van der Waals surface area contributed by atoms with E-state index in [1.54, 1.807) is 19.5 Å². The summed E-state index contributed by atoms with van der Waals surface area (Å²) in [5.74, 6) is 1.64. The largest absolute Gasteiger partial charge is 0.487 e. The highest BCUT2D eigenvalue weighted by molar-refractivity contribution is 5.75. The van der Waals surface area contributed by atoms with Crippen LogP contribution in [0.4, 0.5) is 0 Å². The van der Waals surface area contributed by atoms with Crippen LogP contribution in [0.15, 0.2) is 42.7 Å². The van der Waals surface area contributed by atoms with Crippen LogP contribution >= 0.6 is 0 Å². The second-order valence-electron chi connectivity index (χ2n) is 8.77. The summed E-state index contributed by atoms with van der Waals surface area (Å²) in [6.07, 6.45) is 3.50. The summed E-state index contributed by atoms with van der Waals surface area (Å²) < 4.78 is 18.9. The predicted molar refractivity (Wildman–Crippen MR) is 122 cm³/mol. The number of fused-ring (bicyclic) bond motifs is 1. The van der Waals surface area contributed by atoms with E-state index in [-0.39, 0.29) is 17.8 Å². The molecule has 8 heteroatoms. The minimum atomic E-state index is -0.0693. The van der Waals surface area contributed by atoms with E-state index in [4.69, 9.17) is 14.2 Å². The number of aryl methyl sites for hydroxylation is 2. The predicted octanol–water partition coefficient (Wildman–Crippen LogP) is 2.98. The summed E-state index contributed by atoms with van der Waals surface area (Å²) in [4.78, 5) is 18.7. The van der Waals surface area contributed by atoms with E-state index in [0.29, 0.717) is 32.2 Å². The number of nitrogens with zero attached hydrogens (tertiary/aromatic N) is 4. The summed E-state index contributed by atoms with van der Waals surface area (Å²) in [7, 11) is 3.54. The van der Waals surface area contributed by atoms with Crippen LogP contribution in [0.2, 0.25) is 0 Å². The molecule has 2 aliphatic heterocycles. The van der Waals surface area contributed by atoms with E-state index in [1.165, 1.54) is 0 Å². The molecule has 0 radical (unpaired) electrons. The van der Waals surface area contributed by atoms with Gasteiger partial charge in [0.2, 0.25) is 5.88 Å². The molecule has 0 amide bonds. The fourth-order valence-corrected chi connectivity index (χ4v) is 4.85. The van der Waals surface area contributed by atoms with Gasteiger partial charge >= 0.3 is 5.97 Å². The van der Waals surface area contributed by atoms with Crippen LogP contribution in [0.25, 0.3) is 11.1 Å². The summed E-state index contributed by atoms with van der Waals surface area (Å²) in [5, 5.41) is 4.23. The first-order valence-electron chi connectivity index (χ1n) is 11.1. The first-order valence-corrected chi connectivity index (χ1v) is 11.1. The zero-order chi connectivity index (χ0) is 22.9. The molecule has 33 heavy (non-hydrogen) atoms. The number of carbonyl (C=O) groups excluding carboxylic acids is 1. The summed E-state index contributed by atoms with van der Waals surface area (Å²) in [5.41, 5.74) is 5.07. The monoisotopic (exact) mass is 448 g/mol. The van der Waals surface area contributed by atoms with E-state index in [1.807, 2.05) is 29.9 Å². The topological polar surface area (TPSA) is 78.7 Å². The summed E-state index contributed by atoms with van der Waals surface area (Å²) in [6, 6.07) is 10.1. The van der Waals surface area contributed by atoms with Crippen LogP contribution in [0, 0.1) is 18.8 Å². The van der Waals surface area contributed by atoms with Crippen LogP contribution in [-0.2, 0) is 29.7 Å². The number of methoxy groups -OCH3 is 1. The van der Waals surface area contributed by atoms with Gasteiger partial charge in [-0.1, -0.05) is 0 Å². The fourth-order valence-electron chi connectivity index (χ4n) is 4.85. The van der Waals surface area contributed by atoms with Gasteiger partial charge in [0.05, 0.1) is 25.3 Å². The number of pyridine rings is 1. The molecule has 0 unspecified atom stereocenters. The van der Waals surface area contributed by atoms with Gasteiger partial charge in [-0.25, -0.2) is 4.98 Å². The van der Waals surface area contributed by atoms with E-state index in [0.717, 1.165) is 40.2 Å². The Morgan fingerprint density at radius 2 is 2.09 bits per heavy atom. The lowest BCUT2D eigenvalue weighted by Gasteiger charge is -2.22. The van der Waals surface area contributed by atoms with Crippen molar-refractivity contribution in [1.29, 1.82) is 0 Å². The van der Waals surface area contributed by atoms with Gasteiger partial charge in [0.15, 0.2) is 0 Å². The molecule has 5 rings (SSSR count). The molecule has 0 spiro atoms. The Kier molecular flexibility index (Phi) is 5.76. The molecule has 0 saturated carbocycles. The number of cyclic esters (lactones) is 1. The molecular weight excluding hydrogens is 420 g/mol. The Bertz CT molecular complexity index is 1170. The molecule has 2 saturated heterocycles. The first-order chi connectivity index (χ1) is 16.0. The maximum absolute atomic E-state index is 12.0. The Balaban J connectivity index is 1.48. The SMILES string of the molecule is COc1ncccc1-c1cc(C)c(OCc2ccnn2C)c(CN2C[C@@H]3COC(=O)[C@@H]3C2)c1. The van der Waals surface area contributed by atoms with Crippen molar-refractivity contribution >= 4 is 5.97 Å². The zero-order valence-electron chi connectivity index (χ0n) is 19.2. The number of rotatable bonds is 7. The molecule has 0 N–H and O–H groups in total. The zero-order valence-corrected chi connectivity index (χ0v) is 19.2. The Morgan fingerprint density at radius 1 is 1.21 bits per heavy atom. The van der Waals surface area contributed by atoms with E-state index in [2.05, 4.69) is 34.0 Å². The number of esters is 1. The lowest BCUT2D eigenvalue weighted by Crippen LogP contribution is -2.24. The smallest absolute Gasteiger partial charge is 0.310 e. The third-order valence-corrected chi connectivity index (χ3v) is 6.57.